The molecule has 16 heavy (non-hydrogen) atoms. The van der Waals surface area contributed by atoms with Gasteiger partial charge in [-0.2, -0.15) is 5.10 Å². The third kappa shape index (κ3) is 2.25. The minimum Gasteiger partial charge on any atom is -0.369 e. The topological polar surface area (TPSA) is 55.6 Å². The standard InChI is InChI=1S/C9H9Br2N5/c1-2-12-8-7(11)9(14-5-13-8)16-4-6(10)3-15-16/h3-5H,2H2,1H3,(H,12,13,14). The lowest BCUT2D eigenvalue weighted by Gasteiger charge is -2.08. The maximum atomic E-state index is 4.19. The SMILES string of the molecule is CCNc1ncnc(-n2cc(Br)cn2)c1Br. The average molecular weight is 347 g/mol. The lowest BCUT2D eigenvalue weighted by molar-refractivity contribution is 0.833. The summed E-state index contributed by atoms with van der Waals surface area (Å²) < 4.78 is 3.38. The van der Waals surface area contributed by atoms with E-state index in [0.717, 1.165) is 21.3 Å². The molecule has 0 bridgehead atoms. The third-order valence-electron chi connectivity index (χ3n) is 1.88. The summed E-state index contributed by atoms with van der Waals surface area (Å²) in [5.74, 6) is 1.47. The fourth-order valence-electron chi connectivity index (χ4n) is 1.23. The van der Waals surface area contributed by atoms with Crippen LogP contribution < -0.4 is 5.32 Å². The lowest BCUT2D eigenvalue weighted by Crippen LogP contribution is -2.05. The molecule has 84 valence electrons. The van der Waals surface area contributed by atoms with E-state index >= 15 is 0 Å². The molecule has 0 saturated carbocycles. The molecule has 0 unspecified atom stereocenters. The van der Waals surface area contributed by atoms with Crippen molar-refractivity contribution >= 4 is 37.7 Å². The molecule has 2 heterocycles. The Morgan fingerprint density at radius 2 is 2.19 bits per heavy atom. The van der Waals surface area contributed by atoms with Crippen LogP contribution in [0, 0.1) is 0 Å². The molecule has 2 rings (SSSR count). The highest BCUT2D eigenvalue weighted by atomic mass is 79.9. The molecule has 0 aliphatic rings. The maximum Gasteiger partial charge on any atom is 0.173 e. The zero-order chi connectivity index (χ0) is 11.5. The molecule has 0 aromatic carbocycles. The minimum atomic E-state index is 0.705. The van der Waals surface area contributed by atoms with Crippen LogP contribution in [0.25, 0.3) is 5.82 Å². The van der Waals surface area contributed by atoms with E-state index in [-0.39, 0.29) is 0 Å². The predicted molar refractivity (Wildman–Crippen MR) is 68.7 cm³/mol. The van der Waals surface area contributed by atoms with E-state index in [1.807, 2.05) is 13.1 Å². The van der Waals surface area contributed by atoms with Gasteiger partial charge in [0.05, 0.1) is 10.7 Å². The second kappa shape index (κ2) is 4.92. The van der Waals surface area contributed by atoms with Gasteiger partial charge in [0.1, 0.15) is 16.6 Å². The molecule has 0 atom stereocenters. The van der Waals surface area contributed by atoms with Crippen molar-refractivity contribution in [1.82, 2.24) is 19.7 Å². The van der Waals surface area contributed by atoms with Gasteiger partial charge in [0, 0.05) is 12.7 Å². The van der Waals surface area contributed by atoms with Gasteiger partial charge in [0.25, 0.3) is 0 Å². The second-order valence-corrected chi connectivity index (χ2v) is 4.70. The van der Waals surface area contributed by atoms with Gasteiger partial charge in [-0.25, -0.2) is 14.6 Å². The summed E-state index contributed by atoms with van der Waals surface area (Å²) >= 11 is 6.81. The largest absolute Gasteiger partial charge is 0.369 e. The zero-order valence-corrected chi connectivity index (χ0v) is 11.7. The number of anilines is 1. The van der Waals surface area contributed by atoms with E-state index in [9.17, 15) is 0 Å². The molecule has 0 spiro atoms. The van der Waals surface area contributed by atoms with E-state index in [1.165, 1.54) is 6.33 Å². The summed E-state index contributed by atoms with van der Waals surface area (Å²) in [4.78, 5) is 8.33. The molecular weight excluding hydrogens is 338 g/mol. The monoisotopic (exact) mass is 345 g/mol. The molecule has 5 nitrogen and oxygen atoms in total. The van der Waals surface area contributed by atoms with Crippen LogP contribution in [0.2, 0.25) is 0 Å². The summed E-state index contributed by atoms with van der Waals surface area (Å²) in [5, 5.41) is 7.31. The molecule has 2 aromatic heterocycles. The number of nitrogens with zero attached hydrogens (tertiary/aromatic N) is 4. The summed E-state index contributed by atoms with van der Waals surface area (Å²) in [7, 11) is 0. The van der Waals surface area contributed by atoms with Crippen molar-refractivity contribution in [3.63, 3.8) is 0 Å². The van der Waals surface area contributed by atoms with Crippen LogP contribution in [0.1, 0.15) is 6.92 Å². The first-order valence-electron chi connectivity index (χ1n) is 4.67. The van der Waals surface area contributed by atoms with Gasteiger partial charge >= 0.3 is 0 Å². The fraction of sp³-hybridized carbons (Fsp3) is 0.222. The number of hydrogen-bond donors (Lipinski definition) is 1. The van der Waals surface area contributed by atoms with Crippen LogP contribution in [0.3, 0.4) is 0 Å². The highest BCUT2D eigenvalue weighted by Crippen LogP contribution is 2.25. The fourth-order valence-corrected chi connectivity index (χ4v) is 2.04. The molecule has 0 amide bonds. The number of halogens is 2. The quantitative estimate of drug-likeness (QED) is 0.928. The number of rotatable bonds is 3. The van der Waals surface area contributed by atoms with E-state index in [0.29, 0.717) is 5.82 Å². The van der Waals surface area contributed by atoms with Gasteiger partial charge in [-0.15, -0.1) is 0 Å². The van der Waals surface area contributed by atoms with E-state index in [4.69, 9.17) is 0 Å². The Morgan fingerprint density at radius 3 is 2.81 bits per heavy atom. The average Bonchev–Trinajstić information content (AvgIpc) is 2.68. The predicted octanol–water partition coefficient (Wildman–Crippen LogP) is 2.62. The van der Waals surface area contributed by atoms with Crippen LogP contribution in [-0.2, 0) is 0 Å². The Labute approximate surface area is 110 Å². The Morgan fingerprint density at radius 1 is 1.38 bits per heavy atom. The Hall–Kier alpha value is -0.950. The minimum absolute atomic E-state index is 0.705. The molecule has 0 aliphatic heterocycles. The summed E-state index contributed by atoms with van der Waals surface area (Å²) in [5.41, 5.74) is 0. The first-order chi connectivity index (χ1) is 7.72. The van der Waals surface area contributed by atoms with Crippen molar-refractivity contribution in [3.05, 3.63) is 27.7 Å². The highest BCUT2D eigenvalue weighted by molar-refractivity contribution is 9.11. The highest BCUT2D eigenvalue weighted by Gasteiger charge is 2.10. The van der Waals surface area contributed by atoms with Crippen LogP contribution in [0.5, 0.6) is 0 Å². The third-order valence-corrected chi connectivity index (χ3v) is 3.02. The Bertz CT molecular complexity index is 496. The van der Waals surface area contributed by atoms with E-state index in [1.54, 1.807) is 10.9 Å². The summed E-state index contributed by atoms with van der Waals surface area (Å²) in [6, 6.07) is 0. The van der Waals surface area contributed by atoms with E-state index < -0.39 is 0 Å². The number of nitrogens with one attached hydrogen (secondary N) is 1. The van der Waals surface area contributed by atoms with Crippen molar-refractivity contribution in [2.45, 2.75) is 6.92 Å². The van der Waals surface area contributed by atoms with Gasteiger partial charge in [0.2, 0.25) is 0 Å². The zero-order valence-electron chi connectivity index (χ0n) is 8.48. The van der Waals surface area contributed by atoms with Crippen molar-refractivity contribution in [3.8, 4) is 5.82 Å². The Kier molecular flexibility index (Phi) is 3.55. The molecule has 1 N–H and O–H groups in total. The van der Waals surface area contributed by atoms with E-state index in [2.05, 4.69) is 52.2 Å². The van der Waals surface area contributed by atoms with Gasteiger partial charge in [-0.05, 0) is 38.8 Å². The molecule has 0 fully saturated rings. The maximum absolute atomic E-state index is 4.19. The van der Waals surface area contributed by atoms with Crippen LogP contribution in [0.15, 0.2) is 27.7 Å². The van der Waals surface area contributed by atoms with Crippen LogP contribution in [0.4, 0.5) is 5.82 Å². The number of aromatic nitrogens is 4. The molecule has 2 aromatic rings. The molecule has 7 heteroatoms. The van der Waals surface area contributed by atoms with Crippen molar-refractivity contribution in [2.24, 2.45) is 0 Å². The normalized spacial score (nSPS) is 10.4. The van der Waals surface area contributed by atoms with Gasteiger partial charge < -0.3 is 5.32 Å². The first-order valence-corrected chi connectivity index (χ1v) is 6.26. The van der Waals surface area contributed by atoms with Gasteiger partial charge in [-0.3, -0.25) is 0 Å². The first kappa shape index (κ1) is 11.5. The summed E-state index contributed by atoms with van der Waals surface area (Å²) in [6.45, 7) is 2.82. The molecule has 0 radical (unpaired) electrons. The molecular formula is C9H9Br2N5. The van der Waals surface area contributed by atoms with Crippen molar-refractivity contribution in [1.29, 1.82) is 0 Å². The second-order valence-electron chi connectivity index (χ2n) is 2.99. The van der Waals surface area contributed by atoms with Crippen molar-refractivity contribution < 1.29 is 0 Å². The molecule has 0 aliphatic carbocycles. The van der Waals surface area contributed by atoms with Gasteiger partial charge in [-0.1, -0.05) is 0 Å². The molecule has 0 saturated heterocycles. The van der Waals surface area contributed by atoms with Gasteiger partial charge in [0.15, 0.2) is 5.82 Å². The number of hydrogen-bond acceptors (Lipinski definition) is 4. The van der Waals surface area contributed by atoms with Crippen LogP contribution >= 0.6 is 31.9 Å². The summed E-state index contributed by atoms with van der Waals surface area (Å²) in [6.07, 6.45) is 5.05. The smallest absolute Gasteiger partial charge is 0.173 e. The van der Waals surface area contributed by atoms with Crippen LogP contribution in [-0.4, -0.2) is 26.3 Å². The van der Waals surface area contributed by atoms with Crippen molar-refractivity contribution in [2.75, 3.05) is 11.9 Å². The lowest BCUT2D eigenvalue weighted by atomic mass is 10.5. The Balaban J connectivity index is 2.45.